The number of guanidine groups is 1. The summed E-state index contributed by atoms with van der Waals surface area (Å²) in [6.45, 7) is 1.39. The van der Waals surface area contributed by atoms with Crippen LogP contribution in [-0.4, -0.2) is 40.9 Å². The predicted molar refractivity (Wildman–Crippen MR) is 104 cm³/mol. The van der Waals surface area contributed by atoms with Crippen LogP contribution in [0.15, 0.2) is 47.5 Å². The second-order valence-electron chi connectivity index (χ2n) is 5.60. The van der Waals surface area contributed by atoms with Gasteiger partial charge in [0.15, 0.2) is 17.5 Å². The van der Waals surface area contributed by atoms with Crippen molar-refractivity contribution in [1.29, 1.82) is 0 Å². The average molecular weight is 357 g/mol. The number of benzene rings is 2. The molecule has 0 unspecified atom stereocenters. The van der Waals surface area contributed by atoms with Gasteiger partial charge in [-0.3, -0.25) is 4.99 Å². The van der Waals surface area contributed by atoms with E-state index in [9.17, 15) is 0 Å². The largest absolute Gasteiger partial charge is 0.496 e. The van der Waals surface area contributed by atoms with E-state index in [1.54, 1.807) is 28.4 Å². The molecule has 0 radical (unpaired) electrons. The second-order valence-corrected chi connectivity index (χ2v) is 5.60. The van der Waals surface area contributed by atoms with Crippen LogP contribution in [0.25, 0.3) is 0 Å². The van der Waals surface area contributed by atoms with Crippen LogP contribution in [0.1, 0.15) is 11.1 Å². The molecule has 0 aliphatic heterocycles. The van der Waals surface area contributed by atoms with Crippen LogP contribution >= 0.6 is 0 Å². The van der Waals surface area contributed by atoms with E-state index in [0.717, 1.165) is 47.3 Å². The van der Waals surface area contributed by atoms with Crippen molar-refractivity contribution >= 4 is 5.96 Å². The van der Waals surface area contributed by atoms with Crippen molar-refractivity contribution < 1.29 is 14.2 Å². The Kier molecular flexibility index (Phi) is 7.61. The zero-order valence-corrected chi connectivity index (χ0v) is 15.8. The van der Waals surface area contributed by atoms with E-state index in [2.05, 4.69) is 15.6 Å². The lowest BCUT2D eigenvalue weighted by atomic mass is 10.1. The van der Waals surface area contributed by atoms with Crippen molar-refractivity contribution in [3.8, 4) is 17.2 Å². The molecule has 6 heteroatoms. The Labute approximate surface area is 155 Å². The number of hydrogen-bond donors (Lipinski definition) is 2. The number of ether oxygens (including phenoxy) is 3. The van der Waals surface area contributed by atoms with Gasteiger partial charge in [0.05, 0.1) is 21.3 Å². The molecule has 0 amide bonds. The third-order valence-electron chi connectivity index (χ3n) is 4.02. The molecule has 0 aromatic heterocycles. The van der Waals surface area contributed by atoms with Crippen molar-refractivity contribution in [3.05, 3.63) is 53.6 Å². The highest BCUT2D eigenvalue weighted by molar-refractivity contribution is 5.79. The van der Waals surface area contributed by atoms with Gasteiger partial charge in [-0.1, -0.05) is 24.3 Å². The van der Waals surface area contributed by atoms with E-state index in [4.69, 9.17) is 14.2 Å². The fourth-order valence-electron chi connectivity index (χ4n) is 2.61. The fraction of sp³-hybridized carbons (Fsp3) is 0.350. The molecule has 0 fully saturated rings. The lowest BCUT2D eigenvalue weighted by molar-refractivity contribution is 0.354. The predicted octanol–water partition coefficient (Wildman–Crippen LogP) is 2.62. The highest BCUT2D eigenvalue weighted by Gasteiger charge is 2.06. The van der Waals surface area contributed by atoms with Gasteiger partial charge in [-0.15, -0.1) is 0 Å². The van der Waals surface area contributed by atoms with E-state index >= 15 is 0 Å². The molecular formula is C20H27N3O3. The Morgan fingerprint density at radius 3 is 2.31 bits per heavy atom. The van der Waals surface area contributed by atoms with E-state index in [-0.39, 0.29) is 0 Å². The third-order valence-corrected chi connectivity index (χ3v) is 4.02. The zero-order chi connectivity index (χ0) is 18.8. The molecule has 0 bridgehead atoms. The third kappa shape index (κ3) is 5.31. The Morgan fingerprint density at radius 1 is 0.885 bits per heavy atom. The van der Waals surface area contributed by atoms with Crippen LogP contribution in [0.5, 0.6) is 17.2 Å². The van der Waals surface area contributed by atoms with Gasteiger partial charge >= 0.3 is 0 Å². The first-order valence-corrected chi connectivity index (χ1v) is 8.49. The minimum Gasteiger partial charge on any atom is -0.496 e. The van der Waals surface area contributed by atoms with Crippen molar-refractivity contribution in [1.82, 2.24) is 10.6 Å². The van der Waals surface area contributed by atoms with E-state index in [0.29, 0.717) is 6.54 Å². The van der Waals surface area contributed by atoms with Gasteiger partial charge in [0, 0.05) is 25.7 Å². The van der Waals surface area contributed by atoms with Gasteiger partial charge < -0.3 is 24.8 Å². The first-order chi connectivity index (χ1) is 12.7. The summed E-state index contributed by atoms with van der Waals surface area (Å²) in [7, 11) is 6.71. The average Bonchev–Trinajstić information content (AvgIpc) is 2.70. The summed E-state index contributed by atoms with van der Waals surface area (Å²) in [6, 6.07) is 13.9. The molecule has 0 heterocycles. The lowest BCUT2D eigenvalue weighted by Gasteiger charge is -2.14. The fourth-order valence-corrected chi connectivity index (χ4v) is 2.61. The number of methoxy groups -OCH3 is 3. The summed E-state index contributed by atoms with van der Waals surface area (Å²) >= 11 is 0. The molecule has 2 N–H and O–H groups in total. The Bertz CT molecular complexity index is 732. The van der Waals surface area contributed by atoms with Gasteiger partial charge in [-0.05, 0) is 30.2 Å². The van der Waals surface area contributed by atoms with Crippen LogP contribution in [0, 0.1) is 0 Å². The maximum Gasteiger partial charge on any atom is 0.191 e. The Hall–Kier alpha value is -2.89. The molecule has 2 aromatic carbocycles. The van der Waals surface area contributed by atoms with E-state index in [1.165, 1.54) is 0 Å². The minimum absolute atomic E-state index is 0.639. The van der Waals surface area contributed by atoms with Gasteiger partial charge in [0.2, 0.25) is 0 Å². The normalized spacial score (nSPS) is 11.0. The molecule has 0 aliphatic rings. The molecule has 2 rings (SSSR count). The van der Waals surface area contributed by atoms with Gasteiger partial charge in [-0.2, -0.15) is 0 Å². The molecule has 0 spiro atoms. The quantitative estimate of drug-likeness (QED) is 0.562. The van der Waals surface area contributed by atoms with Crippen LogP contribution in [0.2, 0.25) is 0 Å². The van der Waals surface area contributed by atoms with E-state index in [1.807, 2.05) is 42.5 Å². The standard InChI is InChI=1S/C20H27N3O3/c1-21-20(23-14-16-7-5-6-8-17(16)24-2)22-12-11-15-9-10-18(25-3)19(13-15)26-4/h5-10,13H,11-12,14H2,1-4H3,(H2,21,22,23). The summed E-state index contributed by atoms with van der Waals surface area (Å²) in [6.07, 6.45) is 0.843. The monoisotopic (exact) mass is 357 g/mol. The molecule has 2 aromatic rings. The SMILES string of the molecule is CN=C(NCCc1ccc(OC)c(OC)c1)NCc1ccccc1OC. The topological polar surface area (TPSA) is 64.1 Å². The van der Waals surface area contributed by atoms with Crippen molar-refractivity contribution in [3.63, 3.8) is 0 Å². The summed E-state index contributed by atoms with van der Waals surface area (Å²) in [5.41, 5.74) is 2.24. The minimum atomic E-state index is 0.639. The zero-order valence-electron chi connectivity index (χ0n) is 15.8. The van der Waals surface area contributed by atoms with Gasteiger partial charge in [0.25, 0.3) is 0 Å². The van der Waals surface area contributed by atoms with Crippen molar-refractivity contribution in [2.45, 2.75) is 13.0 Å². The first kappa shape index (κ1) is 19.4. The van der Waals surface area contributed by atoms with Crippen LogP contribution in [0.3, 0.4) is 0 Å². The first-order valence-electron chi connectivity index (χ1n) is 8.49. The molecule has 0 saturated heterocycles. The number of hydrogen-bond acceptors (Lipinski definition) is 4. The highest BCUT2D eigenvalue weighted by atomic mass is 16.5. The Morgan fingerprint density at radius 2 is 1.62 bits per heavy atom. The maximum absolute atomic E-state index is 5.37. The van der Waals surface area contributed by atoms with Crippen LogP contribution in [-0.2, 0) is 13.0 Å². The van der Waals surface area contributed by atoms with E-state index < -0.39 is 0 Å². The smallest absolute Gasteiger partial charge is 0.191 e. The molecule has 140 valence electrons. The highest BCUT2D eigenvalue weighted by Crippen LogP contribution is 2.27. The molecule has 0 saturated carbocycles. The summed E-state index contributed by atoms with van der Waals surface area (Å²) in [5, 5.41) is 6.62. The molecule has 0 aliphatic carbocycles. The summed E-state index contributed by atoms with van der Waals surface area (Å²) in [4.78, 5) is 4.26. The lowest BCUT2D eigenvalue weighted by Crippen LogP contribution is -2.37. The van der Waals surface area contributed by atoms with Gasteiger partial charge in [-0.25, -0.2) is 0 Å². The number of rotatable bonds is 8. The number of para-hydroxylation sites is 1. The number of nitrogens with one attached hydrogen (secondary N) is 2. The van der Waals surface area contributed by atoms with Crippen molar-refractivity contribution in [2.75, 3.05) is 34.9 Å². The summed E-state index contributed by atoms with van der Waals surface area (Å²) < 4.78 is 16.0. The molecular weight excluding hydrogens is 330 g/mol. The summed E-state index contributed by atoms with van der Waals surface area (Å²) in [5.74, 6) is 3.08. The number of aliphatic imine (C=N–C) groups is 1. The van der Waals surface area contributed by atoms with Crippen molar-refractivity contribution in [2.24, 2.45) is 4.99 Å². The molecule has 26 heavy (non-hydrogen) atoms. The maximum atomic E-state index is 5.37. The number of nitrogens with zero attached hydrogens (tertiary/aromatic N) is 1. The second kappa shape index (κ2) is 10.2. The Balaban J connectivity index is 1.85. The molecule has 0 atom stereocenters. The van der Waals surface area contributed by atoms with Crippen LogP contribution in [0.4, 0.5) is 0 Å². The van der Waals surface area contributed by atoms with Crippen LogP contribution < -0.4 is 24.8 Å². The molecule has 6 nitrogen and oxygen atoms in total. The van der Waals surface area contributed by atoms with Gasteiger partial charge in [0.1, 0.15) is 5.75 Å².